The van der Waals surface area contributed by atoms with E-state index in [0.29, 0.717) is 10.6 Å². The van der Waals surface area contributed by atoms with Crippen LogP contribution in [0.3, 0.4) is 0 Å². The van der Waals surface area contributed by atoms with Crippen LogP contribution in [-0.4, -0.2) is 13.3 Å². The molecule has 0 heterocycles. The SMILES string of the molecule is CON=CC(C#N)=Cc1ccc(Cl)cc1. The second kappa shape index (κ2) is 5.84. The Kier molecular flexibility index (Phi) is 4.39. The van der Waals surface area contributed by atoms with Gasteiger partial charge in [0.2, 0.25) is 0 Å². The van der Waals surface area contributed by atoms with Gasteiger partial charge in [-0.25, -0.2) is 0 Å². The molecule has 0 bridgehead atoms. The van der Waals surface area contributed by atoms with E-state index in [0.717, 1.165) is 5.56 Å². The van der Waals surface area contributed by atoms with Gasteiger partial charge in [0.25, 0.3) is 0 Å². The van der Waals surface area contributed by atoms with Gasteiger partial charge in [-0.2, -0.15) is 5.26 Å². The molecule has 0 saturated heterocycles. The maximum Gasteiger partial charge on any atom is 0.106 e. The Hall–Kier alpha value is -1.79. The molecule has 0 saturated carbocycles. The van der Waals surface area contributed by atoms with Crippen molar-refractivity contribution in [3.8, 4) is 6.07 Å². The summed E-state index contributed by atoms with van der Waals surface area (Å²) in [5, 5.41) is 13.0. The number of oxime groups is 1. The average molecular weight is 221 g/mol. The molecule has 0 aromatic heterocycles. The Morgan fingerprint density at radius 1 is 1.47 bits per heavy atom. The molecular weight excluding hydrogens is 212 g/mol. The van der Waals surface area contributed by atoms with Gasteiger partial charge in [0.1, 0.15) is 13.2 Å². The van der Waals surface area contributed by atoms with E-state index in [1.54, 1.807) is 18.2 Å². The lowest BCUT2D eigenvalue weighted by molar-refractivity contribution is 0.215. The number of hydrogen-bond donors (Lipinski definition) is 0. The summed E-state index contributed by atoms with van der Waals surface area (Å²) in [6.45, 7) is 0. The number of rotatable bonds is 3. The van der Waals surface area contributed by atoms with E-state index >= 15 is 0 Å². The third kappa shape index (κ3) is 3.84. The van der Waals surface area contributed by atoms with E-state index in [9.17, 15) is 0 Å². The van der Waals surface area contributed by atoms with Crippen LogP contribution < -0.4 is 0 Å². The zero-order valence-electron chi connectivity index (χ0n) is 8.14. The molecule has 0 spiro atoms. The van der Waals surface area contributed by atoms with Gasteiger partial charge in [0.15, 0.2) is 0 Å². The third-order valence-corrected chi connectivity index (χ3v) is 1.87. The molecule has 1 aromatic rings. The minimum atomic E-state index is 0.416. The Labute approximate surface area is 93.2 Å². The van der Waals surface area contributed by atoms with Crippen molar-refractivity contribution in [1.82, 2.24) is 0 Å². The molecule has 0 aliphatic carbocycles. The number of nitrogens with zero attached hydrogens (tertiary/aromatic N) is 2. The third-order valence-electron chi connectivity index (χ3n) is 1.62. The summed E-state index contributed by atoms with van der Waals surface area (Å²) in [4.78, 5) is 4.49. The monoisotopic (exact) mass is 220 g/mol. The first kappa shape index (κ1) is 11.3. The summed E-state index contributed by atoms with van der Waals surface area (Å²) >= 11 is 5.73. The van der Waals surface area contributed by atoms with Gasteiger partial charge in [-0.15, -0.1) is 0 Å². The number of allylic oxidation sites excluding steroid dienone is 1. The first-order chi connectivity index (χ1) is 7.26. The molecule has 15 heavy (non-hydrogen) atoms. The van der Waals surface area contributed by atoms with Gasteiger partial charge < -0.3 is 4.84 Å². The first-order valence-corrected chi connectivity index (χ1v) is 4.58. The molecule has 0 fully saturated rings. The molecule has 0 aliphatic heterocycles. The fourth-order valence-corrected chi connectivity index (χ4v) is 1.07. The van der Waals surface area contributed by atoms with Crippen LogP contribution in [0, 0.1) is 11.3 Å². The highest BCUT2D eigenvalue weighted by atomic mass is 35.5. The second-order valence-electron chi connectivity index (χ2n) is 2.68. The van der Waals surface area contributed by atoms with Crippen molar-refractivity contribution in [2.24, 2.45) is 5.16 Å². The van der Waals surface area contributed by atoms with Crippen molar-refractivity contribution in [2.45, 2.75) is 0 Å². The lowest BCUT2D eigenvalue weighted by Gasteiger charge is -1.93. The minimum absolute atomic E-state index is 0.416. The normalized spacial score (nSPS) is 11.4. The van der Waals surface area contributed by atoms with E-state index in [1.165, 1.54) is 13.3 Å². The van der Waals surface area contributed by atoms with Gasteiger partial charge in [0.05, 0.1) is 11.8 Å². The van der Waals surface area contributed by atoms with Gasteiger partial charge >= 0.3 is 0 Å². The standard InChI is InChI=1S/C11H9ClN2O/c1-15-14-8-10(7-13)6-9-2-4-11(12)5-3-9/h2-6,8H,1H3. The van der Waals surface area contributed by atoms with Crippen LogP contribution >= 0.6 is 11.6 Å². The number of hydrogen-bond acceptors (Lipinski definition) is 3. The first-order valence-electron chi connectivity index (χ1n) is 4.20. The van der Waals surface area contributed by atoms with E-state index in [1.807, 2.05) is 18.2 Å². The maximum absolute atomic E-state index is 8.78. The van der Waals surface area contributed by atoms with Gasteiger partial charge in [-0.05, 0) is 23.8 Å². The van der Waals surface area contributed by atoms with Crippen molar-refractivity contribution in [3.63, 3.8) is 0 Å². The van der Waals surface area contributed by atoms with Crippen molar-refractivity contribution in [1.29, 1.82) is 5.26 Å². The van der Waals surface area contributed by atoms with Gasteiger partial charge in [0, 0.05) is 5.02 Å². The van der Waals surface area contributed by atoms with Crippen LogP contribution in [0.25, 0.3) is 6.08 Å². The molecule has 1 aromatic carbocycles. The highest BCUT2D eigenvalue weighted by Gasteiger charge is 1.93. The van der Waals surface area contributed by atoms with Crippen LogP contribution in [0.2, 0.25) is 5.02 Å². The molecule has 0 N–H and O–H groups in total. The predicted molar refractivity (Wildman–Crippen MR) is 60.5 cm³/mol. The quantitative estimate of drug-likeness (QED) is 0.447. The highest BCUT2D eigenvalue weighted by molar-refractivity contribution is 6.30. The Bertz CT molecular complexity index is 415. The van der Waals surface area contributed by atoms with Crippen molar-refractivity contribution in [2.75, 3.05) is 7.11 Å². The van der Waals surface area contributed by atoms with Crippen molar-refractivity contribution in [3.05, 3.63) is 40.4 Å². The lowest BCUT2D eigenvalue weighted by atomic mass is 10.1. The summed E-state index contributed by atoms with van der Waals surface area (Å²) < 4.78 is 0. The summed E-state index contributed by atoms with van der Waals surface area (Å²) in [6.07, 6.45) is 3.05. The average Bonchev–Trinajstić information content (AvgIpc) is 2.27. The number of halogens is 1. The van der Waals surface area contributed by atoms with E-state index in [4.69, 9.17) is 16.9 Å². The van der Waals surface area contributed by atoms with E-state index in [-0.39, 0.29) is 0 Å². The Balaban J connectivity index is 2.89. The second-order valence-corrected chi connectivity index (χ2v) is 3.12. The number of benzene rings is 1. The van der Waals surface area contributed by atoms with Crippen molar-refractivity contribution >= 4 is 23.9 Å². The van der Waals surface area contributed by atoms with Crippen LogP contribution in [0.15, 0.2) is 35.0 Å². The zero-order chi connectivity index (χ0) is 11.1. The topological polar surface area (TPSA) is 45.4 Å². The van der Waals surface area contributed by atoms with Crippen LogP contribution in [0.5, 0.6) is 0 Å². The molecule has 76 valence electrons. The molecule has 4 heteroatoms. The fraction of sp³-hybridized carbons (Fsp3) is 0.0909. The van der Waals surface area contributed by atoms with Crippen LogP contribution in [0.1, 0.15) is 5.56 Å². The zero-order valence-corrected chi connectivity index (χ0v) is 8.90. The predicted octanol–water partition coefficient (Wildman–Crippen LogP) is 2.88. The van der Waals surface area contributed by atoms with Gasteiger partial charge in [-0.3, -0.25) is 0 Å². The maximum atomic E-state index is 8.78. The molecule has 0 aliphatic rings. The Morgan fingerprint density at radius 2 is 2.13 bits per heavy atom. The highest BCUT2D eigenvalue weighted by Crippen LogP contribution is 2.11. The van der Waals surface area contributed by atoms with E-state index < -0.39 is 0 Å². The van der Waals surface area contributed by atoms with Crippen LogP contribution in [0.4, 0.5) is 0 Å². The van der Waals surface area contributed by atoms with E-state index in [2.05, 4.69) is 9.99 Å². The minimum Gasteiger partial charge on any atom is -0.399 e. The molecule has 3 nitrogen and oxygen atoms in total. The largest absolute Gasteiger partial charge is 0.399 e. The lowest BCUT2D eigenvalue weighted by Crippen LogP contribution is -1.82. The molecule has 0 amide bonds. The summed E-state index contributed by atoms with van der Waals surface area (Å²) in [5.41, 5.74) is 1.30. The summed E-state index contributed by atoms with van der Waals surface area (Å²) in [7, 11) is 1.42. The molecule has 0 atom stereocenters. The van der Waals surface area contributed by atoms with Crippen LogP contribution in [-0.2, 0) is 4.84 Å². The Morgan fingerprint density at radius 3 is 2.67 bits per heavy atom. The molecule has 0 radical (unpaired) electrons. The van der Waals surface area contributed by atoms with Crippen molar-refractivity contribution < 1.29 is 4.84 Å². The van der Waals surface area contributed by atoms with Gasteiger partial charge in [-0.1, -0.05) is 28.9 Å². The number of nitriles is 1. The summed E-state index contributed by atoms with van der Waals surface area (Å²) in [5.74, 6) is 0. The fourth-order valence-electron chi connectivity index (χ4n) is 0.946. The molecule has 0 unspecified atom stereocenters. The summed E-state index contributed by atoms with van der Waals surface area (Å²) in [6, 6.07) is 9.16. The molecule has 1 rings (SSSR count). The smallest absolute Gasteiger partial charge is 0.106 e. The molecular formula is C11H9ClN2O.